The molecule has 8 heteroatoms. The van der Waals surface area contributed by atoms with Gasteiger partial charge in [0.25, 0.3) is 5.91 Å². The number of anilines is 1. The van der Waals surface area contributed by atoms with E-state index in [1.54, 1.807) is 7.11 Å². The van der Waals surface area contributed by atoms with Gasteiger partial charge in [0, 0.05) is 50.9 Å². The molecule has 1 aliphatic carbocycles. The van der Waals surface area contributed by atoms with Gasteiger partial charge < -0.3 is 24.4 Å². The van der Waals surface area contributed by atoms with E-state index in [2.05, 4.69) is 30.6 Å². The maximum atomic E-state index is 13.7. The molecule has 1 amide bonds. The van der Waals surface area contributed by atoms with Gasteiger partial charge in [0.1, 0.15) is 11.5 Å². The highest BCUT2D eigenvalue weighted by Crippen LogP contribution is 2.45. The maximum absolute atomic E-state index is 13.7. The van der Waals surface area contributed by atoms with E-state index in [1.807, 2.05) is 47.4 Å². The number of carboxylic acid groups (broad SMARTS) is 1. The number of benzene rings is 2. The van der Waals surface area contributed by atoms with Crippen LogP contribution in [0.3, 0.4) is 0 Å². The summed E-state index contributed by atoms with van der Waals surface area (Å²) in [7, 11) is 1.67. The Morgan fingerprint density at radius 3 is 2.26 bits per heavy atom. The zero-order chi connectivity index (χ0) is 29.9. The van der Waals surface area contributed by atoms with Gasteiger partial charge in [-0.3, -0.25) is 14.5 Å². The number of carboxylic acids is 1. The van der Waals surface area contributed by atoms with Crippen LogP contribution >= 0.6 is 0 Å². The molecule has 1 unspecified atom stereocenters. The Balaban J connectivity index is 1.19. The zero-order valence-electron chi connectivity index (χ0n) is 25.7. The summed E-state index contributed by atoms with van der Waals surface area (Å²) >= 11 is 0. The molecule has 2 aromatic rings. The van der Waals surface area contributed by atoms with Crippen LogP contribution in [0, 0.1) is 11.8 Å². The highest BCUT2D eigenvalue weighted by atomic mass is 16.5. The molecule has 2 saturated heterocycles. The minimum Gasteiger partial charge on any atom is -0.497 e. The number of piperidine rings is 1. The van der Waals surface area contributed by atoms with Crippen LogP contribution in [0.2, 0.25) is 0 Å². The number of hydrogen-bond acceptors (Lipinski definition) is 6. The molecule has 0 radical (unpaired) electrons. The molecular weight excluding hydrogens is 530 g/mol. The zero-order valence-corrected chi connectivity index (χ0v) is 25.7. The minimum atomic E-state index is -0.742. The van der Waals surface area contributed by atoms with Crippen molar-refractivity contribution in [1.29, 1.82) is 0 Å². The molecular formula is C34H47N3O5. The largest absolute Gasteiger partial charge is 0.497 e. The Kier molecular flexibility index (Phi) is 9.31. The quantitative estimate of drug-likeness (QED) is 0.399. The predicted octanol–water partition coefficient (Wildman–Crippen LogP) is 5.52. The summed E-state index contributed by atoms with van der Waals surface area (Å²) in [6.07, 6.45) is 4.33. The number of methoxy groups -OCH3 is 1. The lowest BCUT2D eigenvalue weighted by molar-refractivity contribution is -0.137. The Hall–Kier alpha value is -3.26. The first-order valence-electron chi connectivity index (χ1n) is 15.5. The fourth-order valence-electron chi connectivity index (χ4n) is 6.46. The SMILES string of the molecule is COc1ccc(C(=O)N2CCN(C(C)(C)C)CC2)c(N2CCC(COc3cccc(C(CC(=O)O)C4CC4)c3)CC2)c1. The first-order chi connectivity index (χ1) is 20.1. The molecule has 0 aromatic heterocycles. The Morgan fingerprint density at radius 1 is 0.929 bits per heavy atom. The third kappa shape index (κ3) is 7.38. The number of ether oxygens (including phenoxy) is 2. The smallest absolute Gasteiger partial charge is 0.303 e. The van der Waals surface area contributed by atoms with E-state index in [9.17, 15) is 14.7 Å². The molecule has 228 valence electrons. The number of piperazine rings is 1. The summed E-state index contributed by atoms with van der Waals surface area (Å²) < 4.78 is 11.8. The van der Waals surface area contributed by atoms with Gasteiger partial charge in [-0.1, -0.05) is 12.1 Å². The number of carbonyl (C=O) groups excluding carboxylic acids is 1. The van der Waals surface area contributed by atoms with Crippen molar-refractivity contribution in [1.82, 2.24) is 9.80 Å². The molecule has 0 spiro atoms. The summed E-state index contributed by atoms with van der Waals surface area (Å²) in [6.45, 7) is 12.3. The van der Waals surface area contributed by atoms with Crippen LogP contribution in [0.1, 0.15) is 74.7 Å². The fraction of sp³-hybridized carbons (Fsp3) is 0.588. The van der Waals surface area contributed by atoms with E-state index in [-0.39, 0.29) is 23.8 Å². The molecule has 1 saturated carbocycles. The Labute approximate surface area is 250 Å². The molecule has 0 bridgehead atoms. The van der Waals surface area contributed by atoms with Crippen molar-refractivity contribution in [3.63, 3.8) is 0 Å². The van der Waals surface area contributed by atoms with E-state index >= 15 is 0 Å². The summed E-state index contributed by atoms with van der Waals surface area (Å²) in [5.74, 6) is 1.89. The second-order valence-corrected chi connectivity index (χ2v) is 13.2. The lowest BCUT2D eigenvalue weighted by atomic mass is 9.91. The monoisotopic (exact) mass is 577 g/mol. The molecule has 42 heavy (non-hydrogen) atoms. The lowest BCUT2D eigenvalue weighted by Gasteiger charge is -2.42. The van der Waals surface area contributed by atoms with E-state index in [0.29, 0.717) is 18.4 Å². The van der Waals surface area contributed by atoms with Gasteiger partial charge in [-0.25, -0.2) is 0 Å². The van der Waals surface area contributed by atoms with Crippen LogP contribution in [0.15, 0.2) is 42.5 Å². The van der Waals surface area contributed by atoms with Crippen molar-refractivity contribution in [2.24, 2.45) is 11.8 Å². The van der Waals surface area contributed by atoms with Gasteiger partial charge >= 0.3 is 5.97 Å². The van der Waals surface area contributed by atoms with Gasteiger partial charge in [0.05, 0.1) is 31.4 Å². The van der Waals surface area contributed by atoms with Crippen molar-refractivity contribution < 1.29 is 24.2 Å². The summed E-state index contributed by atoms with van der Waals surface area (Å²) in [5, 5.41) is 9.38. The van der Waals surface area contributed by atoms with E-state index in [4.69, 9.17) is 9.47 Å². The third-order valence-electron chi connectivity index (χ3n) is 9.26. The number of amides is 1. The average Bonchev–Trinajstić information content (AvgIpc) is 3.84. The van der Waals surface area contributed by atoms with Crippen LogP contribution in [0.25, 0.3) is 0 Å². The molecule has 3 fully saturated rings. The van der Waals surface area contributed by atoms with Crippen molar-refractivity contribution in [2.45, 2.75) is 64.3 Å². The van der Waals surface area contributed by atoms with Gasteiger partial charge in [0.15, 0.2) is 0 Å². The fourth-order valence-corrected chi connectivity index (χ4v) is 6.46. The highest BCUT2D eigenvalue weighted by molar-refractivity contribution is 6.00. The summed E-state index contributed by atoms with van der Waals surface area (Å²) in [5.41, 5.74) is 2.88. The highest BCUT2D eigenvalue weighted by Gasteiger charge is 2.34. The molecule has 8 nitrogen and oxygen atoms in total. The number of nitrogens with zero attached hydrogens (tertiary/aromatic N) is 3. The van der Waals surface area contributed by atoms with E-state index < -0.39 is 5.97 Å². The second-order valence-electron chi connectivity index (χ2n) is 13.2. The lowest BCUT2D eigenvalue weighted by Crippen LogP contribution is -2.54. The summed E-state index contributed by atoms with van der Waals surface area (Å²) in [4.78, 5) is 31.9. The molecule has 5 rings (SSSR count). The predicted molar refractivity (Wildman–Crippen MR) is 165 cm³/mol. The number of rotatable bonds is 10. The van der Waals surface area contributed by atoms with Gasteiger partial charge in [-0.15, -0.1) is 0 Å². The number of hydrogen-bond donors (Lipinski definition) is 1. The third-order valence-corrected chi connectivity index (χ3v) is 9.26. The molecule has 1 N–H and O–H groups in total. The number of aliphatic carboxylic acids is 1. The van der Waals surface area contributed by atoms with Crippen molar-refractivity contribution in [2.75, 3.05) is 57.9 Å². The van der Waals surface area contributed by atoms with Gasteiger partial charge in [-0.2, -0.15) is 0 Å². The van der Waals surface area contributed by atoms with Crippen LogP contribution in [0.4, 0.5) is 5.69 Å². The van der Waals surface area contributed by atoms with Crippen LogP contribution in [-0.2, 0) is 4.79 Å². The number of carbonyl (C=O) groups is 2. The Morgan fingerprint density at radius 2 is 1.64 bits per heavy atom. The first kappa shape index (κ1) is 30.2. The van der Waals surface area contributed by atoms with Gasteiger partial charge in [-0.05, 0) is 94.0 Å². The first-order valence-corrected chi connectivity index (χ1v) is 15.5. The van der Waals surface area contributed by atoms with Gasteiger partial charge in [0.2, 0.25) is 0 Å². The molecule has 3 aliphatic rings. The molecule has 2 aliphatic heterocycles. The summed E-state index contributed by atoms with van der Waals surface area (Å²) in [6, 6.07) is 13.8. The van der Waals surface area contributed by atoms with Crippen molar-refractivity contribution in [3.05, 3.63) is 53.6 Å². The van der Waals surface area contributed by atoms with Crippen molar-refractivity contribution >= 4 is 17.6 Å². The van der Waals surface area contributed by atoms with Crippen LogP contribution in [-0.4, -0.2) is 85.3 Å². The molecule has 1 atom stereocenters. The van der Waals surface area contributed by atoms with Crippen LogP contribution < -0.4 is 14.4 Å². The van der Waals surface area contributed by atoms with Crippen LogP contribution in [0.5, 0.6) is 11.5 Å². The molecule has 2 heterocycles. The van der Waals surface area contributed by atoms with E-state index in [0.717, 1.165) is 93.3 Å². The standard InChI is InChI=1S/C34H47N3O5/c1-34(2,3)37-18-16-36(17-19-37)33(40)29-11-10-27(41-4)21-31(29)35-14-12-24(13-15-35)23-42-28-7-5-6-26(20-28)30(22-32(38)39)25-8-9-25/h5-7,10-11,20-21,24-25,30H,8-9,12-19,22-23H2,1-4H3,(H,38,39). The maximum Gasteiger partial charge on any atom is 0.303 e. The second kappa shape index (κ2) is 12.9. The molecule has 2 aromatic carbocycles. The normalized spacial score (nSPS) is 19.4. The van der Waals surface area contributed by atoms with E-state index in [1.165, 1.54) is 0 Å². The Bertz CT molecular complexity index is 1240. The average molecular weight is 578 g/mol. The van der Waals surface area contributed by atoms with Crippen molar-refractivity contribution in [3.8, 4) is 11.5 Å². The minimum absolute atomic E-state index is 0.0661. The topological polar surface area (TPSA) is 82.5 Å².